The van der Waals surface area contributed by atoms with Crippen LogP contribution in [0, 0.1) is 5.92 Å². The van der Waals surface area contributed by atoms with E-state index in [4.69, 9.17) is 18.5 Å². The SMILES string of the molecule is C=C(C)[C@@H]1CCC(C)=C[C@H]1c1c(O)cc(CCC)cc1OC(=O)OCOP(=O)(O)OCc1ccccc1. The number of rotatable bonds is 11. The highest BCUT2D eigenvalue weighted by molar-refractivity contribution is 7.47. The molecule has 0 heterocycles. The van der Waals surface area contributed by atoms with E-state index in [0.717, 1.165) is 30.4 Å². The van der Waals surface area contributed by atoms with Crippen LogP contribution in [-0.4, -0.2) is 22.9 Å². The van der Waals surface area contributed by atoms with E-state index in [-0.39, 0.29) is 29.9 Å². The Morgan fingerprint density at radius 1 is 1.16 bits per heavy atom. The van der Waals surface area contributed by atoms with Gasteiger partial charge < -0.3 is 19.5 Å². The number of aryl methyl sites for hydroxylation is 1. The molecular formula is C28H35O8P. The van der Waals surface area contributed by atoms with Crippen LogP contribution in [0.2, 0.25) is 0 Å². The van der Waals surface area contributed by atoms with E-state index in [1.165, 1.54) is 5.57 Å². The quantitative estimate of drug-likeness (QED) is 0.103. The summed E-state index contributed by atoms with van der Waals surface area (Å²) >= 11 is 0. The van der Waals surface area contributed by atoms with Gasteiger partial charge in [-0.05, 0) is 62.3 Å². The molecule has 0 saturated carbocycles. The molecule has 0 radical (unpaired) electrons. The van der Waals surface area contributed by atoms with Crippen molar-refractivity contribution in [2.45, 2.75) is 59.0 Å². The van der Waals surface area contributed by atoms with Gasteiger partial charge in [-0.3, -0.25) is 4.52 Å². The zero-order chi connectivity index (χ0) is 27.0. The first-order valence-corrected chi connectivity index (χ1v) is 13.8. The molecular weight excluding hydrogens is 495 g/mol. The van der Waals surface area contributed by atoms with Crippen molar-refractivity contribution in [3.8, 4) is 11.5 Å². The number of carbonyl (C=O) groups is 1. The second kappa shape index (κ2) is 13.1. The average Bonchev–Trinajstić information content (AvgIpc) is 2.83. The largest absolute Gasteiger partial charge is 0.516 e. The Kier molecular flexibility index (Phi) is 10.1. The van der Waals surface area contributed by atoms with E-state index in [2.05, 4.69) is 12.7 Å². The number of aromatic hydroxyl groups is 1. The molecule has 1 aliphatic rings. The maximum absolute atomic E-state index is 12.5. The van der Waals surface area contributed by atoms with Crippen molar-refractivity contribution in [3.05, 3.63) is 83.0 Å². The van der Waals surface area contributed by atoms with Gasteiger partial charge in [-0.2, -0.15) is 0 Å². The highest BCUT2D eigenvalue weighted by Gasteiger charge is 2.31. The maximum atomic E-state index is 12.5. The molecule has 0 spiro atoms. The van der Waals surface area contributed by atoms with E-state index >= 15 is 0 Å². The smallest absolute Gasteiger partial charge is 0.507 e. The molecule has 0 aromatic heterocycles. The Morgan fingerprint density at radius 3 is 2.57 bits per heavy atom. The van der Waals surface area contributed by atoms with Crippen LogP contribution in [0.25, 0.3) is 0 Å². The average molecular weight is 531 g/mol. The molecule has 3 atom stereocenters. The van der Waals surface area contributed by atoms with Gasteiger partial charge in [0.15, 0.2) is 0 Å². The van der Waals surface area contributed by atoms with E-state index in [9.17, 15) is 19.4 Å². The predicted molar refractivity (Wildman–Crippen MR) is 140 cm³/mol. The fourth-order valence-corrected chi connectivity index (χ4v) is 5.03. The molecule has 37 heavy (non-hydrogen) atoms. The monoisotopic (exact) mass is 530 g/mol. The normalized spacial score (nSPS) is 19.0. The van der Waals surface area contributed by atoms with Crippen molar-refractivity contribution < 1.29 is 37.9 Å². The highest BCUT2D eigenvalue weighted by Crippen LogP contribution is 2.47. The molecule has 1 unspecified atom stereocenters. The third-order valence-electron chi connectivity index (χ3n) is 6.26. The second-order valence-electron chi connectivity index (χ2n) is 9.28. The zero-order valence-electron chi connectivity index (χ0n) is 21.5. The van der Waals surface area contributed by atoms with E-state index in [0.29, 0.717) is 17.5 Å². The molecule has 9 heteroatoms. The molecule has 2 N–H and O–H groups in total. The molecule has 0 amide bonds. The van der Waals surface area contributed by atoms with Crippen molar-refractivity contribution in [1.29, 1.82) is 0 Å². The van der Waals surface area contributed by atoms with Crippen LogP contribution in [0.5, 0.6) is 11.5 Å². The summed E-state index contributed by atoms with van der Waals surface area (Å²) in [7, 11) is -4.47. The maximum Gasteiger partial charge on any atom is 0.516 e. The summed E-state index contributed by atoms with van der Waals surface area (Å²) in [5.41, 5.74) is 4.11. The molecule has 3 rings (SSSR count). The third-order valence-corrected chi connectivity index (χ3v) is 7.14. The fourth-order valence-electron chi connectivity index (χ4n) is 4.45. The number of carbonyl (C=O) groups excluding carboxylic acids is 1. The summed E-state index contributed by atoms with van der Waals surface area (Å²) in [4.78, 5) is 22.4. The number of hydrogen-bond acceptors (Lipinski definition) is 7. The van der Waals surface area contributed by atoms with Crippen LogP contribution >= 0.6 is 7.82 Å². The summed E-state index contributed by atoms with van der Waals surface area (Å²) in [5, 5.41) is 11.0. The Bertz CT molecular complexity index is 1170. The number of phenolic OH excluding ortho intramolecular Hbond substituents is 1. The van der Waals surface area contributed by atoms with Crippen molar-refractivity contribution >= 4 is 14.0 Å². The Balaban J connectivity index is 1.72. The number of phosphoric acid groups is 1. The predicted octanol–water partition coefficient (Wildman–Crippen LogP) is 7.17. The van der Waals surface area contributed by atoms with Crippen molar-refractivity contribution in [2.24, 2.45) is 5.92 Å². The van der Waals surface area contributed by atoms with E-state index in [1.807, 2.05) is 26.8 Å². The lowest BCUT2D eigenvalue weighted by atomic mass is 9.73. The Hall–Kier alpha value is -2.90. The van der Waals surface area contributed by atoms with Crippen LogP contribution in [0.3, 0.4) is 0 Å². The van der Waals surface area contributed by atoms with Gasteiger partial charge in [0.2, 0.25) is 6.79 Å². The molecule has 0 fully saturated rings. The zero-order valence-corrected chi connectivity index (χ0v) is 22.4. The molecule has 8 nitrogen and oxygen atoms in total. The summed E-state index contributed by atoms with van der Waals surface area (Å²) in [6.07, 6.45) is 4.24. The number of hydrogen-bond donors (Lipinski definition) is 2. The first-order valence-electron chi connectivity index (χ1n) is 12.3. The lowest BCUT2D eigenvalue weighted by Gasteiger charge is -2.32. The number of phenols is 1. The van der Waals surface area contributed by atoms with Crippen LogP contribution in [0.4, 0.5) is 4.79 Å². The number of allylic oxidation sites excluding steroid dienone is 3. The first kappa shape index (κ1) is 28.7. The van der Waals surface area contributed by atoms with Crippen molar-refractivity contribution in [1.82, 2.24) is 0 Å². The van der Waals surface area contributed by atoms with Gasteiger partial charge >= 0.3 is 14.0 Å². The van der Waals surface area contributed by atoms with Crippen molar-refractivity contribution in [3.63, 3.8) is 0 Å². The van der Waals surface area contributed by atoms with Gasteiger partial charge in [0.25, 0.3) is 0 Å². The third kappa shape index (κ3) is 8.30. The minimum absolute atomic E-state index is 0.0290. The van der Waals surface area contributed by atoms with Crippen LogP contribution < -0.4 is 4.74 Å². The Morgan fingerprint density at radius 2 is 1.89 bits per heavy atom. The molecule has 1 aliphatic carbocycles. The van der Waals surface area contributed by atoms with Gasteiger partial charge in [-0.15, -0.1) is 0 Å². The van der Waals surface area contributed by atoms with Gasteiger partial charge in [0, 0.05) is 11.5 Å². The van der Waals surface area contributed by atoms with Crippen LogP contribution in [0.1, 0.15) is 62.6 Å². The van der Waals surface area contributed by atoms with Gasteiger partial charge in [0.05, 0.1) is 6.61 Å². The molecule has 0 aliphatic heterocycles. The van der Waals surface area contributed by atoms with Gasteiger partial charge in [-0.1, -0.05) is 67.5 Å². The summed E-state index contributed by atoms with van der Waals surface area (Å²) in [6.45, 7) is 9.11. The summed E-state index contributed by atoms with van der Waals surface area (Å²) in [5.74, 6) is 0.0323. The van der Waals surface area contributed by atoms with Crippen LogP contribution in [0.15, 0.2) is 66.3 Å². The number of benzene rings is 2. The molecule has 0 bridgehead atoms. The molecule has 2 aromatic carbocycles. The second-order valence-corrected chi connectivity index (χ2v) is 10.7. The van der Waals surface area contributed by atoms with E-state index < -0.39 is 20.8 Å². The summed E-state index contributed by atoms with van der Waals surface area (Å²) in [6, 6.07) is 12.2. The lowest BCUT2D eigenvalue weighted by Crippen LogP contribution is -2.20. The minimum Gasteiger partial charge on any atom is -0.507 e. The minimum atomic E-state index is -4.47. The molecule has 2 aromatic rings. The fraction of sp³-hybridized carbons (Fsp3) is 0.393. The standard InChI is InChI=1S/C28H35O8P/c1-5-9-22-15-25(29)27(24-14-20(4)12-13-23(24)19(2)3)26(16-22)36-28(30)33-18-35-37(31,32)34-17-21-10-7-6-8-11-21/h6-8,10-11,14-16,23-24,29H,2,5,9,12-13,17-18H2,1,3-4H3,(H,31,32)/t23-,24+/m0/s1. The van der Waals surface area contributed by atoms with Gasteiger partial charge in [0.1, 0.15) is 11.5 Å². The Labute approximate surface area is 218 Å². The molecule has 200 valence electrons. The van der Waals surface area contributed by atoms with Crippen molar-refractivity contribution in [2.75, 3.05) is 6.79 Å². The highest BCUT2D eigenvalue weighted by atomic mass is 31.2. The van der Waals surface area contributed by atoms with Crippen LogP contribution in [-0.2, 0) is 31.4 Å². The molecule has 0 saturated heterocycles. The number of phosphoric ester groups is 1. The topological polar surface area (TPSA) is 112 Å². The first-order chi connectivity index (χ1) is 17.6. The van der Waals surface area contributed by atoms with Gasteiger partial charge in [-0.25, -0.2) is 13.9 Å². The number of ether oxygens (including phenoxy) is 2. The lowest BCUT2D eigenvalue weighted by molar-refractivity contribution is 0.00957. The van der Waals surface area contributed by atoms with E-state index in [1.54, 1.807) is 36.4 Å². The summed E-state index contributed by atoms with van der Waals surface area (Å²) < 4.78 is 32.2.